The van der Waals surface area contributed by atoms with E-state index in [1.165, 1.54) is 0 Å². The van der Waals surface area contributed by atoms with Gasteiger partial charge in [0.15, 0.2) is 0 Å². The Bertz CT molecular complexity index is 430. The van der Waals surface area contributed by atoms with Crippen molar-refractivity contribution in [1.29, 1.82) is 0 Å². The fourth-order valence-corrected chi connectivity index (χ4v) is 2.86. The van der Waals surface area contributed by atoms with Crippen LogP contribution in [0.5, 0.6) is 5.75 Å². The Labute approximate surface area is 128 Å². The predicted molar refractivity (Wildman–Crippen MR) is 87.1 cm³/mol. The minimum absolute atomic E-state index is 0.0272. The van der Waals surface area contributed by atoms with Gasteiger partial charge in [-0.15, -0.1) is 0 Å². The normalized spacial score (nSPS) is 13.8. The standard InChI is InChI=1S/C16H30N4O/c1-7-20(8-2)16(5,6)15(19-17)13-9-14(11-18-10-13)21-12(3)4/h9-12,15,19H,7-8,17H2,1-6H3. The maximum Gasteiger partial charge on any atom is 0.138 e. The summed E-state index contributed by atoms with van der Waals surface area (Å²) < 4.78 is 5.73. The molecule has 1 aromatic heterocycles. The van der Waals surface area contributed by atoms with Gasteiger partial charge >= 0.3 is 0 Å². The molecule has 0 aliphatic carbocycles. The van der Waals surface area contributed by atoms with E-state index in [9.17, 15) is 0 Å². The molecule has 1 unspecified atom stereocenters. The van der Waals surface area contributed by atoms with Crippen molar-refractivity contribution in [3.63, 3.8) is 0 Å². The molecule has 1 atom stereocenters. The van der Waals surface area contributed by atoms with Crippen LogP contribution in [0.4, 0.5) is 0 Å². The SMILES string of the molecule is CCN(CC)C(C)(C)C(NN)c1cncc(OC(C)C)c1. The fourth-order valence-electron chi connectivity index (χ4n) is 2.86. The highest BCUT2D eigenvalue weighted by atomic mass is 16.5. The molecule has 1 heterocycles. The molecule has 5 nitrogen and oxygen atoms in total. The molecular formula is C16H30N4O. The van der Waals surface area contributed by atoms with E-state index in [-0.39, 0.29) is 17.7 Å². The van der Waals surface area contributed by atoms with Gasteiger partial charge in [-0.05, 0) is 52.4 Å². The third-order valence-electron chi connectivity index (χ3n) is 3.89. The Morgan fingerprint density at radius 1 is 1.29 bits per heavy atom. The van der Waals surface area contributed by atoms with Crippen LogP contribution in [0, 0.1) is 0 Å². The molecule has 0 aliphatic rings. The maximum atomic E-state index is 5.84. The molecule has 0 spiro atoms. The van der Waals surface area contributed by atoms with Crippen molar-refractivity contribution in [2.24, 2.45) is 5.84 Å². The Morgan fingerprint density at radius 3 is 2.38 bits per heavy atom. The van der Waals surface area contributed by atoms with Gasteiger partial charge in [0.1, 0.15) is 5.75 Å². The van der Waals surface area contributed by atoms with Gasteiger partial charge in [-0.25, -0.2) is 0 Å². The summed E-state index contributed by atoms with van der Waals surface area (Å²) in [7, 11) is 0. The van der Waals surface area contributed by atoms with Crippen molar-refractivity contribution in [1.82, 2.24) is 15.3 Å². The van der Waals surface area contributed by atoms with Crippen LogP contribution < -0.4 is 16.0 Å². The molecule has 0 aliphatic heterocycles. The number of nitrogens with one attached hydrogen (secondary N) is 1. The third-order valence-corrected chi connectivity index (χ3v) is 3.89. The van der Waals surface area contributed by atoms with E-state index in [0.29, 0.717) is 0 Å². The van der Waals surface area contributed by atoms with Crippen LogP contribution >= 0.6 is 0 Å². The Hall–Kier alpha value is -1.17. The largest absolute Gasteiger partial charge is 0.489 e. The van der Waals surface area contributed by atoms with Crippen LogP contribution in [-0.2, 0) is 0 Å². The van der Waals surface area contributed by atoms with Crippen molar-refractivity contribution in [3.8, 4) is 5.75 Å². The first-order chi connectivity index (χ1) is 9.86. The molecule has 1 aromatic rings. The highest BCUT2D eigenvalue weighted by Crippen LogP contribution is 2.31. The molecule has 1 rings (SSSR count). The lowest BCUT2D eigenvalue weighted by Crippen LogP contribution is -2.54. The summed E-state index contributed by atoms with van der Waals surface area (Å²) in [4.78, 5) is 6.67. The van der Waals surface area contributed by atoms with Gasteiger partial charge in [-0.3, -0.25) is 21.2 Å². The van der Waals surface area contributed by atoms with Crippen LogP contribution in [0.15, 0.2) is 18.5 Å². The number of hydrogen-bond acceptors (Lipinski definition) is 5. The van der Waals surface area contributed by atoms with Gasteiger partial charge < -0.3 is 4.74 Å². The third kappa shape index (κ3) is 4.40. The molecule has 0 aromatic carbocycles. The highest BCUT2D eigenvalue weighted by molar-refractivity contribution is 5.28. The van der Waals surface area contributed by atoms with E-state index in [4.69, 9.17) is 10.6 Å². The molecular weight excluding hydrogens is 264 g/mol. The van der Waals surface area contributed by atoms with E-state index in [1.807, 2.05) is 26.1 Å². The van der Waals surface area contributed by atoms with Crippen LogP contribution in [-0.4, -0.2) is 34.6 Å². The van der Waals surface area contributed by atoms with Crippen molar-refractivity contribution < 1.29 is 4.74 Å². The smallest absolute Gasteiger partial charge is 0.138 e. The molecule has 120 valence electrons. The molecule has 0 fully saturated rings. The lowest BCUT2D eigenvalue weighted by Gasteiger charge is -2.43. The summed E-state index contributed by atoms with van der Waals surface area (Å²) in [5, 5.41) is 0. The first-order valence-corrected chi connectivity index (χ1v) is 7.69. The monoisotopic (exact) mass is 294 g/mol. The lowest BCUT2D eigenvalue weighted by atomic mass is 9.88. The number of nitrogens with two attached hydrogens (primary N) is 1. The Balaban J connectivity index is 3.09. The van der Waals surface area contributed by atoms with Crippen LogP contribution in [0.3, 0.4) is 0 Å². The quantitative estimate of drug-likeness (QED) is 0.570. The fraction of sp³-hybridized carbons (Fsp3) is 0.688. The van der Waals surface area contributed by atoms with Crippen molar-refractivity contribution in [2.45, 2.75) is 59.2 Å². The first kappa shape index (κ1) is 17.9. The minimum atomic E-state index is -0.129. The van der Waals surface area contributed by atoms with Crippen molar-refractivity contribution >= 4 is 0 Å². The topological polar surface area (TPSA) is 63.4 Å². The second-order valence-electron chi connectivity index (χ2n) is 6.05. The molecule has 5 heteroatoms. The van der Waals surface area contributed by atoms with Gasteiger partial charge in [0.25, 0.3) is 0 Å². The average molecular weight is 294 g/mol. The Kier molecular flexibility index (Phi) is 6.58. The zero-order valence-electron chi connectivity index (χ0n) is 14.2. The van der Waals surface area contributed by atoms with Gasteiger partial charge in [-0.1, -0.05) is 13.8 Å². The Morgan fingerprint density at radius 2 is 1.90 bits per heavy atom. The van der Waals surface area contributed by atoms with E-state index in [0.717, 1.165) is 24.4 Å². The zero-order chi connectivity index (χ0) is 16.0. The van der Waals surface area contributed by atoms with Crippen molar-refractivity contribution in [3.05, 3.63) is 24.0 Å². The van der Waals surface area contributed by atoms with Gasteiger partial charge in [0.2, 0.25) is 0 Å². The van der Waals surface area contributed by atoms with E-state index in [1.54, 1.807) is 6.20 Å². The van der Waals surface area contributed by atoms with E-state index >= 15 is 0 Å². The summed E-state index contributed by atoms with van der Waals surface area (Å²) in [5.74, 6) is 6.62. The van der Waals surface area contributed by atoms with Crippen LogP contribution in [0.25, 0.3) is 0 Å². The molecule has 3 N–H and O–H groups in total. The van der Waals surface area contributed by atoms with E-state index in [2.05, 4.69) is 43.0 Å². The van der Waals surface area contributed by atoms with Crippen LogP contribution in [0.1, 0.15) is 53.1 Å². The summed E-state index contributed by atoms with van der Waals surface area (Å²) >= 11 is 0. The second-order valence-corrected chi connectivity index (χ2v) is 6.05. The summed E-state index contributed by atoms with van der Waals surface area (Å²) in [6, 6.07) is 1.99. The molecule has 0 radical (unpaired) electrons. The molecule has 0 saturated carbocycles. The first-order valence-electron chi connectivity index (χ1n) is 7.69. The number of likely N-dealkylation sites (N-methyl/N-ethyl adjacent to an activating group) is 1. The summed E-state index contributed by atoms with van der Waals surface area (Å²) in [6.45, 7) is 14.7. The predicted octanol–water partition coefficient (Wildman–Crippen LogP) is 2.49. The van der Waals surface area contributed by atoms with E-state index < -0.39 is 0 Å². The number of hydrogen-bond donors (Lipinski definition) is 2. The number of ether oxygens (including phenoxy) is 1. The second kappa shape index (κ2) is 7.73. The average Bonchev–Trinajstić information content (AvgIpc) is 2.39. The maximum absolute atomic E-state index is 5.84. The summed E-state index contributed by atoms with van der Waals surface area (Å²) in [5.41, 5.74) is 3.86. The van der Waals surface area contributed by atoms with Gasteiger partial charge in [0.05, 0.1) is 18.3 Å². The molecule has 21 heavy (non-hydrogen) atoms. The molecule has 0 amide bonds. The number of nitrogens with zero attached hydrogens (tertiary/aromatic N) is 2. The number of aromatic nitrogens is 1. The van der Waals surface area contributed by atoms with Crippen molar-refractivity contribution in [2.75, 3.05) is 13.1 Å². The minimum Gasteiger partial charge on any atom is -0.489 e. The molecule has 0 saturated heterocycles. The van der Waals surface area contributed by atoms with Gasteiger partial charge in [-0.2, -0.15) is 0 Å². The lowest BCUT2D eigenvalue weighted by molar-refractivity contribution is 0.0909. The number of rotatable bonds is 8. The zero-order valence-corrected chi connectivity index (χ0v) is 14.2. The summed E-state index contributed by atoms with van der Waals surface area (Å²) in [6.07, 6.45) is 3.71. The highest BCUT2D eigenvalue weighted by Gasteiger charge is 2.34. The number of pyridine rings is 1. The number of hydrazine groups is 1. The van der Waals surface area contributed by atoms with Gasteiger partial charge in [0, 0.05) is 11.7 Å². The molecule has 0 bridgehead atoms. The van der Waals surface area contributed by atoms with Crippen LogP contribution in [0.2, 0.25) is 0 Å².